The fourth-order valence-electron chi connectivity index (χ4n) is 2.46. The van der Waals surface area contributed by atoms with Crippen molar-refractivity contribution in [1.29, 1.82) is 0 Å². The second-order valence-corrected chi connectivity index (χ2v) is 5.14. The summed E-state index contributed by atoms with van der Waals surface area (Å²) in [4.78, 5) is 12.1. The van der Waals surface area contributed by atoms with Gasteiger partial charge >= 0.3 is 0 Å². The van der Waals surface area contributed by atoms with Crippen LogP contribution in [0.3, 0.4) is 0 Å². The first-order chi connectivity index (χ1) is 9.52. The molecule has 1 aliphatic rings. The summed E-state index contributed by atoms with van der Waals surface area (Å²) >= 11 is 5.81. The zero-order valence-corrected chi connectivity index (χ0v) is 11.4. The average Bonchev–Trinajstić information content (AvgIpc) is 2.93. The molecule has 0 saturated carbocycles. The average molecular weight is 300 g/mol. The van der Waals surface area contributed by atoms with Crippen LogP contribution in [0.1, 0.15) is 13.2 Å². The maximum atomic E-state index is 10.0. The number of halogens is 1. The highest BCUT2D eigenvalue weighted by Gasteiger charge is 2.42. The molecule has 0 radical (unpaired) electrons. The Balaban J connectivity index is 2.07. The van der Waals surface area contributed by atoms with Gasteiger partial charge in [-0.25, -0.2) is 4.98 Å². The van der Waals surface area contributed by atoms with E-state index in [9.17, 15) is 10.2 Å². The van der Waals surface area contributed by atoms with Gasteiger partial charge in [0, 0.05) is 5.92 Å². The van der Waals surface area contributed by atoms with Crippen LogP contribution < -0.4 is 5.73 Å². The zero-order chi connectivity index (χ0) is 14.4. The summed E-state index contributed by atoms with van der Waals surface area (Å²) in [5.41, 5.74) is 6.60. The Morgan fingerprint density at radius 1 is 1.50 bits per heavy atom. The molecule has 0 aromatic carbocycles. The Morgan fingerprint density at radius 3 is 2.90 bits per heavy atom. The Bertz CT molecular complexity index is 648. The minimum Gasteiger partial charge on any atom is -0.394 e. The van der Waals surface area contributed by atoms with Crippen LogP contribution in [0, 0.1) is 5.92 Å². The first kappa shape index (κ1) is 13.5. The Morgan fingerprint density at radius 2 is 2.25 bits per heavy atom. The number of aliphatic hydroxyl groups excluding tert-OH is 2. The third-order valence-electron chi connectivity index (χ3n) is 3.56. The molecule has 3 heterocycles. The molecule has 20 heavy (non-hydrogen) atoms. The summed E-state index contributed by atoms with van der Waals surface area (Å²) in [6.45, 7) is 1.56. The van der Waals surface area contributed by atoms with Gasteiger partial charge in [0.15, 0.2) is 11.5 Å². The lowest BCUT2D eigenvalue weighted by atomic mass is 10.0. The number of nitrogens with two attached hydrogens (primary N) is 1. The number of aliphatic hydroxyl groups is 2. The van der Waals surface area contributed by atoms with Gasteiger partial charge in [-0.3, -0.25) is 4.57 Å². The Kier molecular flexibility index (Phi) is 3.25. The van der Waals surface area contributed by atoms with Crippen molar-refractivity contribution < 1.29 is 14.9 Å². The number of aromatic nitrogens is 4. The predicted molar refractivity (Wildman–Crippen MR) is 70.9 cm³/mol. The highest BCUT2D eigenvalue weighted by Crippen LogP contribution is 2.36. The lowest BCUT2D eigenvalue weighted by Gasteiger charge is -2.17. The second kappa shape index (κ2) is 4.81. The quantitative estimate of drug-likeness (QED) is 0.665. The van der Waals surface area contributed by atoms with Gasteiger partial charge in [-0.2, -0.15) is 9.97 Å². The van der Waals surface area contributed by atoms with E-state index in [2.05, 4.69) is 15.0 Å². The van der Waals surface area contributed by atoms with Gasteiger partial charge in [0.1, 0.15) is 17.8 Å². The molecule has 4 atom stereocenters. The number of rotatable bonds is 2. The molecule has 1 saturated heterocycles. The fourth-order valence-corrected chi connectivity index (χ4v) is 2.63. The molecule has 1 aliphatic heterocycles. The van der Waals surface area contributed by atoms with Gasteiger partial charge in [0.25, 0.3) is 0 Å². The summed E-state index contributed by atoms with van der Waals surface area (Å²) in [5, 5.41) is 19.2. The van der Waals surface area contributed by atoms with Crippen molar-refractivity contribution in [3.63, 3.8) is 0 Å². The number of hydrogen-bond acceptors (Lipinski definition) is 7. The molecule has 0 bridgehead atoms. The maximum absolute atomic E-state index is 10.0. The summed E-state index contributed by atoms with van der Waals surface area (Å²) in [5.74, 6) is -0.0526. The predicted octanol–water partition coefficient (Wildman–Crippen LogP) is -0.0514. The lowest BCUT2D eigenvalue weighted by Crippen LogP contribution is -2.28. The summed E-state index contributed by atoms with van der Waals surface area (Å²) in [7, 11) is 0. The summed E-state index contributed by atoms with van der Waals surface area (Å²) in [6.07, 6.45) is -0.392. The topological polar surface area (TPSA) is 119 Å². The Labute approximate surface area is 119 Å². The number of hydrogen-bond donors (Lipinski definition) is 3. The largest absolute Gasteiger partial charge is 0.394 e. The number of ether oxygens (including phenoxy) is 1. The first-order valence-electron chi connectivity index (χ1n) is 6.13. The standard InChI is InChI=1S/C11H14ClN5O3/c1-4-7(19)5(2-18)20-10(4)17-3-14-6-8(13)15-11(12)16-9(6)17/h3-5,7,10,18-19H,2H2,1H3,(H2,13,15,16)/t4-,5-,7?,10-/m1/s1. The van der Waals surface area contributed by atoms with Crippen LogP contribution in [-0.4, -0.2) is 48.5 Å². The van der Waals surface area contributed by atoms with E-state index in [1.165, 1.54) is 6.33 Å². The van der Waals surface area contributed by atoms with Gasteiger partial charge in [-0.15, -0.1) is 0 Å². The molecule has 0 aliphatic carbocycles. The van der Waals surface area contributed by atoms with Crippen molar-refractivity contribution in [2.24, 2.45) is 5.92 Å². The number of anilines is 1. The van der Waals surface area contributed by atoms with Crippen LogP contribution in [0.15, 0.2) is 6.33 Å². The Hall–Kier alpha value is -1.48. The molecule has 108 valence electrons. The van der Waals surface area contributed by atoms with Crippen LogP contribution in [0.5, 0.6) is 0 Å². The van der Waals surface area contributed by atoms with E-state index in [0.717, 1.165) is 0 Å². The number of nitrogens with zero attached hydrogens (tertiary/aromatic N) is 4. The van der Waals surface area contributed by atoms with Crippen LogP contribution in [-0.2, 0) is 4.74 Å². The molecule has 0 spiro atoms. The molecule has 3 rings (SSSR count). The third-order valence-corrected chi connectivity index (χ3v) is 3.73. The molecule has 1 fully saturated rings. The molecule has 9 heteroatoms. The fraction of sp³-hybridized carbons (Fsp3) is 0.545. The molecule has 4 N–H and O–H groups in total. The smallest absolute Gasteiger partial charge is 0.226 e. The second-order valence-electron chi connectivity index (χ2n) is 4.80. The lowest BCUT2D eigenvalue weighted by molar-refractivity contribution is -0.0447. The zero-order valence-electron chi connectivity index (χ0n) is 10.6. The van der Waals surface area contributed by atoms with Crippen molar-refractivity contribution in [2.45, 2.75) is 25.4 Å². The van der Waals surface area contributed by atoms with Crippen LogP contribution >= 0.6 is 11.6 Å². The molecule has 2 aromatic rings. The van der Waals surface area contributed by atoms with E-state index in [1.54, 1.807) is 4.57 Å². The first-order valence-corrected chi connectivity index (χ1v) is 6.50. The molecule has 1 unspecified atom stereocenters. The molecule has 2 aromatic heterocycles. The number of nitrogen functional groups attached to an aromatic ring is 1. The van der Waals surface area contributed by atoms with Crippen molar-refractivity contribution in [1.82, 2.24) is 19.5 Å². The van der Waals surface area contributed by atoms with E-state index >= 15 is 0 Å². The van der Waals surface area contributed by atoms with Crippen LogP contribution in [0.4, 0.5) is 5.82 Å². The maximum Gasteiger partial charge on any atom is 0.226 e. The van der Waals surface area contributed by atoms with E-state index < -0.39 is 18.4 Å². The molecule has 0 amide bonds. The van der Waals surface area contributed by atoms with E-state index in [1.807, 2.05) is 6.92 Å². The van der Waals surface area contributed by atoms with Crippen molar-refractivity contribution in [3.05, 3.63) is 11.6 Å². The minimum atomic E-state index is -0.767. The van der Waals surface area contributed by atoms with Crippen molar-refractivity contribution in [2.75, 3.05) is 12.3 Å². The minimum absolute atomic E-state index is 0.0154. The highest BCUT2D eigenvalue weighted by atomic mass is 35.5. The van der Waals surface area contributed by atoms with Gasteiger partial charge in [-0.05, 0) is 11.6 Å². The van der Waals surface area contributed by atoms with Gasteiger partial charge in [-0.1, -0.05) is 6.92 Å². The van der Waals surface area contributed by atoms with Crippen LogP contribution in [0.2, 0.25) is 5.28 Å². The summed E-state index contributed by atoms with van der Waals surface area (Å²) in [6, 6.07) is 0. The van der Waals surface area contributed by atoms with Crippen molar-refractivity contribution >= 4 is 28.6 Å². The van der Waals surface area contributed by atoms with E-state index in [4.69, 9.17) is 22.1 Å². The molecular weight excluding hydrogens is 286 g/mol. The summed E-state index contributed by atoms with van der Waals surface area (Å²) < 4.78 is 7.29. The van der Waals surface area contributed by atoms with Gasteiger partial charge in [0.2, 0.25) is 5.28 Å². The molecule has 8 nitrogen and oxygen atoms in total. The highest BCUT2D eigenvalue weighted by molar-refractivity contribution is 6.28. The van der Waals surface area contributed by atoms with Crippen LogP contribution in [0.25, 0.3) is 11.2 Å². The number of imidazole rings is 1. The van der Waals surface area contributed by atoms with Gasteiger partial charge < -0.3 is 20.7 Å². The normalized spacial score (nSPS) is 30.2. The monoisotopic (exact) mass is 299 g/mol. The van der Waals surface area contributed by atoms with E-state index in [-0.39, 0.29) is 23.6 Å². The van der Waals surface area contributed by atoms with E-state index in [0.29, 0.717) is 11.2 Å². The SMILES string of the molecule is C[C@@H]1C(O)[C@@H](CO)O[C@H]1n1cnc2c(N)nc(Cl)nc21. The van der Waals surface area contributed by atoms with Crippen molar-refractivity contribution in [3.8, 4) is 0 Å². The number of fused-ring (bicyclic) bond motifs is 1. The van der Waals surface area contributed by atoms with Gasteiger partial charge in [0.05, 0.1) is 19.0 Å². The molecular formula is C11H14ClN5O3. The third kappa shape index (κ3) is 1.92.